The minimum Gasteiger partial charge on any atom is -0.493 e. The van der Waals surface area contributed by atoms with E-state index in [2.05, 4.69) is 5.32 Å². The predicted octanol–water partition coefficient (Wildman–Crippen LogP) is 1.91. The maximum atomic E-state index is 13.8. The van der Waals surface area contributed by atoms with Crippen molar-refractivity contribution in [1.82, 2.24) is 5.32 Å². The number of nitrogens with one attached hydrogen (secondary N) is 1. The summed E-state index contributed by atoms with van der Waals surface area (Å²) in [4.78, 5) is 0. The van der Waals surface area contributed by atoms with Crippen LogP contribution in [-0.4, -0.2) is 19.7 Å². The molecule has 2 aliphatic heterocycles. The van der Waals surface area contributed by atoms with E-state index in [1.54, 1.807) is 6.07 Å². The van der Waals surface area contributed by atoms with E-state index in [1.165, 1.54) is 6.07 Å². The van der Waals surface area contributed by atoms with Crippen LogP contribution in [0.2, 0.25) is 0 Å². The third-order valence-corrected chi connectivity index (χ3v) is 3.47. The van der Waals surface area contributed by atoms with Crippen molar-refractivity contribution in [3.8, 4) is 5.75 Å². The lowest BCUT2D eigenvalue weighted by Crippen LogP contribution is -2.11. The summed E-state index contributed by atoms with van der Waals surface area (Å²) in [5.74, 6) is 1.45. The molecule has 1 N–H and O–H groups in total. The van der Waals surface area contributed by atoms with Crippen molar-refractivity contribution in [1.29, 1.82) is 0 Å². The molecular formula is C12H14FNO. The number of ether oxygens (including phenoxy) is 1. The molecule has 3 rings (SSSR count). The molecule has 0 radical (unpaired) electrons. The highest BCUT2D eigenvalue weighted by molar-refractivity contribution is 5.39. The summed E-state index contributed by atoms with van der Waals surface area (Å²) in [5.41, 5.74) is 0.782. The van der Waals surface area contributed by atoms with E-state index in [9.17, 15) is 4.39 Å². The van der Waals surface area contributed by atoms with Crippen molar-refractivity contribution in [2.45, 2.75) is 12.3 Å². The van der Waals surface area contributed by atoms with Crippen LogP contribution < -0.4 is 10.1 Å². The van der Waals surface area contributed by atoms with Gasteiger partial charge in [0.05, 0.1) is 6.61 Å². The van der Waals surface area contributed by atoms with Crippen LogP contribution in [-0.2, 0) is 0 Å². The van der Waals surface area contributed by atoms with Gasteiger partial charge in [0, 0.05) is 18.0 Å². The fraction of sp³-hybridized carbons (Fsp3) is 0.500. The van der Waals surface area contributed by atoms with Crippen LogP contribution in [0.5, 0.6) is 5.75 Å². The highest BCUT2D eigenvalue weighted by atomic mass is 19.1. The Bertz CT molecular complexity index is 380. The second-order valence-electron chi connectivity index (χ2n) is 4.31. The Balaban J connectivity index is 2.10. The van der Waals surface area contributed by atoms with E-state index in [0.29, 0.717) is 18.4 Å². The second-order valence-corrected chi connectivity index (χ2v) is 4.31. The first-order valence-corrected chi connectivity index (χ1v) is 5.48. The smallest absolute Gasteiger partial charge is 0.130 e. The molecule has 2 aliphatic rings. The van der Waals surface area contributed by atoms with Gasteiger partial charge in [-0.25, -0.2) is 4.39 Å². The van der Waals surface area contributed by atoms with E-state index >= 15 is 0 Å². The summed E-state index contributed by atoms with van der Waals surface area (Å²) in [6, 6.07) is 5.12. The number of rotatable bonds is 0. The van der Waals surface area contributed by atoms with E-state index in [0.717, 1.165) is 30.8 Å². The molecule has 80 valence electrons. The number of hydrogen-bond donors (Lipinski definition) is 1. The Morgan fingerprint density at radius 3 is 3.20 bits per heavy atom. The van der Waals surface area contributed by atoms with E-state index in [-0.39, 0.29) is 5.82 Å². The fourth-order valence-corrected chi connectivity index (χ4v) is 2.70. The van der Waals surface area contributed by atoms with Crippen LogP contribution in [0.15, 0.2) is 18.2 Å². The van der Waals surface area contributed by atoms with Gasteiger partial charge in [-0.2, -0.15) is 0 Å². The maximum absolute atomic E-state index is 13.8. The molecule has 0 saturated carbocycles. The van der Waals surface area contributed by atoms with Gasteiger partial charge >= 0.3 is 0 Å². The van der Waals surface area contributed by atoms with E-state index in [4.69, 9.17) is 4.74 Å². The van der Waals surface area contributed by atoms with Crippen molar-refractivity contribution in [3.05, 3.63) is 29.6 Å². The van der Waals surface area contributed by atoms with Crippen LogP contribution >= 0.6 is 0 Å². The molecule has 1 aromatic rings. The molecule has 15 heavy (non-hydrogen) atoms. The van der Waals surface area contributed by atoms with Gasteiger partial charge in [0.1, 0.15) is 11.6 Å². The van der Waals surface area contributed by atoms with Crippen molar-refractivity contribution in [2.24, 2.45) is 5.92 Å². The zero-order valence-corrected chi connectivity index (χ0v) is 8.50. The average Bonchev–Trinajstić information content (AvgIpc) is 2.60. The molecule has 0 spiro atoms. The summed E-state index contributed by atoms with van der Waals surface area (Å²) in [5, 5.41) is 3.34. The van der Waals surface area contributed by atoms with Crippen molar-refractivity contribution < 1.29 is 9.13 Å². The summed E-state index contributed by atoms with van der Waals surface area (Å²) in [6.07, 6.45) is 1.02. The number of benzene rings is 1. The normalized spacial score (nSPS) is 28.9. The second kappa shape index (κ2) is 3.49. The summed E-state index contributed by atoms with van der Waals surface area (Å²) >= 11 is 0. The van der Waals surface area contributed by atoms with Crippen LogP contribution in [0, 0.1) is 11.7 Å². The summed E-state index contributed by atoms with van der Waals surface area (Å²) in [6.45, 7) is 2.57. The fourth-order valence-electron chi connectivity index (χ4n) is 2.70. The lowest BCUT2D eigenvalue weighted by atomic mass is 9.87. The third-order valence-electron chi connectivity index (χ3n) is 3.47. The van der Waals surface area contributed by atoms with Gasteiger partial charge in [-0.05, 0) is 31.0 Å². The molecule has 0 amide bonds. The number of hydrogen-bond acceptors (Lipinski definition) is 2. The summed E-state index contributed by atoms with van der Waals surface area (Å²) < 4.78 is 19.4. The highest BCUT2D eigenvalue weighted by Gasteiger charge is 2.34. The molecule has 0 aliphatic carbocycles. The SMILES string of the molecule is Fc1cccc2c1C1CNCC1CCO2. The Hall–Kier alpha value is -1.09. The Kier molecular flexibility index (Phi) is 2.13. The van der Waals surface area contributed by atoms with Gasteiger partial charge in [0.15, 0.2) is 0 Å². The average molecular weight is 207 g/mol. The topological polar surface area (TPSA) is 21.3 Å². The van der Waals surface area contributed by atoms with Crippen molar-refractivity contribution >= 4 is 0 Å². The van der Waals surface area contributed by atoms with Crippen molar-refractivity contribution in [3.63, 3.8) is 0 Å². The Morgan fingerprint density at radius 1 is 1.33 bits per heavy atom. The van der Waals surface area contributed by atoms with E-state index in [1.807, 2.05) is 6.07 Å². The number of fused-ring (bicyclic) bond motifs is 3. The molecule has 2 nitrogen and oxygen atoms in total. The first-order valence-electron chi connectivity index (χ1n) is 5.48. The molecule has 0 bridgehead atoms. The highest BCUT2D eigenvalue weighted by Crippen LogP contribution is 2.39. The molecule has 2 heterocycles. The predicted molar refractivity (Wildman–Crippen MR) is 55.6 cm³/mol. The lowest BCUT2D eigenvalue weighted by molar-refractivity contribution is 0.296. The molecule has 1 saturated heterocycles. The Morgan fingerprint density at radius 2 is 2.27 bits per heavy atom. The largest absolute Gasteiger partial charge is 0.493 e. The first kappa shape index (κ1) is 9.16. The first-order chi connectivity index (χ1) is 7.36. The molecule has 1 aromatic carbocycles. The molecule has 1 fully saturated rings. The standard InChI is InChI=1S/C12H14FNO/c13-10-2-1-3-11-12(10)9-7-14-6-8(9)4-5-15-11/h1-3,8-9,14H,4-7H2. The van der Waals surface area contributed by atoms with Crippen molar-refractivity contribution in [2.75, 3.05) is 19.7 Å². The molecule has 0 aromatic heterocycles. The third kappa shape index (κ3) is 1.42. The van der Waals surface area contributed by atoms with Gasteiger partial charge in [-0.15, -0.1) is 0 Å². The van der Waals surface area contributed by atoms with Crippen LogP contribution in [0.25, 0.3) is 0 Å². The molecule has 2 atom stereocenters. The van der Waals surface area contributed by atoms with E-state index < -0.39 is 0 Å². The lowest BCUT2D eigenvalue weighted by Gasteiger charge is -2.16. The minimum atomic E-state index is -0.117. The number of halogens is 1. The molecule has 2 unspecified atom stereocenters. The van der Waals surface area contributed by atoms with Crippen LogP contribution in [0.4, 0.5) is 4.39 Å². The minimum absolute atomic E-state index is 0.117. The van der Waals surface area contributed by atoms with Gasteiger partial charge in [0.2, 0.25) is 0 Å². The van der Waals surface area contributed by atoms with Gasteiger partial charge in [0.25, 0.3) is 0 Å². The summed E-state index contributed by atoms with van der Waals surface area (Å²) in [7, 11) is 0. The molecule has 3 heteroatoms. The van der Waals surface area contributed by atoms with Gasteiger partial charge in [-0.1, -0.05) is 6.07 Å². The quantitative estimate of drug-likeness (QED) is 0.701. The zero-order valence-electron chi connectivity index (χ0n) is 8.50. The van der Waals surface area contributed by atoms with Crippen LogP contribution in [0.3, 0.4) is 0 Å². The maximum Gasteiger partial charge on any atom is 0.130 e. The van der Waals surface area contributed by atoms with Gasteiger partial charge in [-0.3, -0.25) is 0 Å². The zero-order chi connectivity index (χ0) is 10.3. The molecular weight excluding hydrogens is 193 g/mol. The Labute approximate surface area is 88.4 Å². The van der Waals surface area contributed by atoms with Crippen LogP contribution in [0.1, 0.15) is 17.9 Å². The monoisotopic (exact) mass is 207 g/mol. The van der Waals surface area contributed by atoms with Gasteiger partial charge < -0.3 is 10.1 Å².